The highest BCUT2D eigenvalue weighted by atomic mass is 32.2. The van der Waals surface area contributed by atoms with E-state index in [4.69, 9.17) is 14.7 Å². The minimum atomic E-state index is 0.615. The average molecular weight is 750 g/mol. The van der Waals surface area contributed by atoms with Crippen LogP contribution in [-0.2, 0) is 5.75 Å². The Morgan fingerprint density at radius 1 is 0.788 bits per heavy atom. The molecule has 286 valence electrons. The Morgan fingerprint density at radius 2 is 1.37 bits per heavy atom. The van der Waals surface area contributed by atoms with Crippen LogP contribution in [0.1, 0.15) is 59.2 Å². The van der Waals surface area contributed by atoms with Crippen LogP contribution < -0.4 is 15.0 Å². The standard InChI is InChI=1S/C33H43N9OS2.C3H8.2C2H6/c1-25-23-29(38-37-25)34-31-30(43-3)32(42-21-19-41(20-22-42)18-17-40-15-13-39(2)14-16-40)36-33(35-31)45-28-11-9-27(10-12-28)44-24-26-7-5-4-6-8-26;1-3-2;2*1-2/h4-12,23H,13-22,24H2,1-3H3,(H2,34,35,36,37,38);3H2,1-2H3;2*1-2H3. The molecule has 10 nitrogen and oxygen atoms in total. The van der Waals surface area contributed by atoms with E-state index in [2.05, 4.69) is 111 Å². The highest BCUT2D eigenvalue weighted by Crippen LogP contribution is 2.38. The third-order valence-electron chi connectivity index (χ3n) is 8.27. The molecule has 0 spiro atoms. The number of methoxy groups -OCH3 is 1. The van der Waals surface area contributed by atoms with Gasteiger partial charge in [0.15, 0.2) is 22.6 Å². The molecule has 0 atom stereocenters. The van der Waals surface area contributed by atoms with E-state index >= 15 is 0 Å². The van der Waals surface area contributed by atoms with Crippen LogP contribution in [0.3, 0.4) is 0 Å². The summed E-state index contributed by atoms with van der Waals surface area (Å²) >= 11 is 3.40. The van der Waals surface area contributed by atoms with Gasteiger partial charge < -0.3 is 19.9 Å². The molecule has 0 aliphatic carbocycles. The monoisotopic (exact) mass is 749 g/mol. The summed E-state index contributed by atoms with van der Waals surface area (Å²) in [6.45, 7) is 24.9. The second kappa shape index (κ2) is 24.1. The second-order valence-corrected chi connectivity index (χ2v) is 14.4. The lowest BCUT2D eigenvalue weighted by molar-refractivity contribution is 0.133. The van der Waals surface area contributed by atoms with Crippen molar-refractivity contribution in [3.63, 3.8) is 0 Å². The van der Waals surface area contributed by atoms with Crippen molar-refractivity contribution in [3.05, 3.63) is 71.9 Å². The Morgan fingerprint density at radius 3 is 1.92 bits per heavy atom. The Labute approximate surface area is 322 Å². The van der Waals surface area contributed by atoms with Gasteiger partial charge in [-0.05, 0) is 55.6 Å². The maximum Gasteiger partial charge on any atom is 0.204 e. The fourth-order valence-electron chi connectivity index (χ4n) is 5.54. The van der Waals surface area contributed by atoms with E-state index in [1.807, 2.05) is 52.4 Å². The van der Waals surface area contributed by atoms with E-state index in [1.165, 1.54) is 16.9 Å². The summed E-state index contributed by atoms with van der Waals surface area (Å²) in [6.07, 6.45) is 1.25. The molecule has 0 radical (unpaired) electrons. The molecule has 0 bridgehead atoms. The van der Waals surface area contributed by atoms with Gasteiger partial charge in [0.2, 0.25) is 5.75 Å². The third-order valence-corrected chi connectivity index (χ3v) is 10.2. The number of nitrogens with one attached hydrogen (secondary N) is 2. The van der Waals surface area contributed by atoms with E-state index in [-0.39, 0.29) is 0 Å². The normalized spacial score (nSPS) is 15.0. The van der Waals surface area contributed by atoms with Gasteiger partial charge in [0.1, 0.15) is 0 Å². The number of piperazine rings is 2. The summed E-state index contributed by atoms with van der Waals surface area (Å²) in [4.78, 5) is 22.2. The summed E-state index contributed by atoms with van der Waals surface area (Å²) in [7, 11) is 3.90. The van der Waals surface area contributed by atoms with E-state index in [9.17, 15) is 0 Å². The molecule has 2 aliphatic rings. The summed E-state index contributed by atoms with van der Waals surface area (Å²) in [5, 5.41) is 11.4. The number of aromatic nitrogens is 4. The molecular weight excluding hydrogens is 687 g/mol. The maximum atomic E-state index is 5.95. The molecule has 0 amide bonds. The molecule has 2 aromatic carbocycles. The highest BCUT2D eigenvalue weighted by Gasteiger charge is 2.26. The molecule has 2 N–H and O–H groups in total. The zero-order valence-corrected chi connectivity index (χ0v) is 34.7. The fraction of sp³-hybridized carbons (Fsp3) is 0.525. The highest BCUT2D eigenvalue weighted by molar-refractivity contribution is 7.99. The molecule has 4 heterocycles. The molecule has 52 heavy (non-hydrogen) atoms. The number of benzene rings is 2. The molecule has 2 saturated heterocycles. The zero-order valence-electron chi connectivity index (χ0n) is 33.1. The summed E-state index contributed by atoms with van der Waals surface area (Å²) in [5.41, 5.74) is 2.29. The number of hydrogen-bond acceptors (Lipinski definition) is 11. The van der Waals surface area contributed by atoms with Crippen molar-refractivity contribution >= 4 is 41.0 Å². The number of thioether (sulfide) groups is 1. The number of rotatable bonds is 12. The van der Waals surface area contributed by atoms with E-state index in [1.54, 1.807) is 18.9 Å². The topological polar surface area (TPSA) is 88.7 Å². The van der Waals surface area contributed by atoms with Crippen LogP contribution in [0.4, 0.5) is 17.5 Å². The minimum absolute atomic E-state index is 0.615. The molecular formula is C40H63N9OS2. The molecule has 2 fully saturated rings. The number of hydrogen-bond donors (Lipinski definition) is 2. The first kappa shape index (κ1) is 43.1. The van der Waals surface area contributed by atoms with Gasteiger partial charge in [-0.25, -0.2) is 9.97 Å². The van der Waals surface area contributed by atoms with E-state index in [0.717, 1.165) is 87.6 Å². The number of anilines is 3. The van der Waals surface area contributed by atoms with Crippen molar-refractivity contribution in [2.75, 3.05) is 89.8 Å². The van der Waals surface area contributed by atoms with Crippen LogP contribution in [-0.4, -0.2) is 114 Å². The first-order chi connectivity index (χ1) is 25.4. The van der Waals surface area contributed by atoms with Crippen molar-refractivity contribution in [2.45, 2.75) is 75.6 Å². The molecule has 0 saturated carbocycles. The number of aryl methyl sites for hydroxylation is 1. The average Bonchev–Trinajstić information content (AvgIpc) is 3.60. The lowest BCUT2D eigenvalue weighted by Gasteiger charge is -2.38. The van der Waals surface area contributed by atoms with Crippen LogP contribution >= 0.6 is 23.5 Å². The maximum absolute atomic E-state index is 5.95. The van der Waals surface area contributed by atoms with Gasteiger partial charge in [-0.2, -0.15) is 5.10 Å². The van der Waals surface area contributed by atoms with Gasteiger partial charge in [0, 0.05) is 92.8 Å². The largest absolute Gasteiger partial charge is 0.490 e. The first-order valence-corrected chi connectivity index (χ1v) is 20.8. The van der Waals surface area contributed by atoms with Crippen molar-refractivity contribution < 1.29 is 4.74 Å². The molecule has 0 unspecified atom stereocenters. The Balaban J connectivity index is 0.000000975. The smallest absolute Gasteiger partial charge is 0.204 e. The van der Waals surface area contributed by atoms with Gasteiger partial charge in [-0.1, -0.05) is 78.3 Å². The third kappa shape index (κ3) is 13.9. The lowest BCUT2D eigenvalue weighted by Crippen LogP contribution is -2.51. The van der Waals surface area contributed by atoms with Gasteiger partial charge in [-0.3, -0.25) is 14.9 Å². The van der Waals surface area contributed by atoms with Crippen molar-refractivity contribution in [1.82, 2.24) is 34.9 Å². The fourth-order valence-corrected chi connectivity index (χ4v) is 7.15. The predicted molar refractivity (Wildman–Crippen MR) is 223 cm³/mol. The number of likely N-dealkylation sites (N-methyl/N-ethyl adjacent to an activating group) is 1. The summed E-state index contributed by atoms with van der Waals surface area (Å²) in [6, 6.07) is 21.2. The number of H-pyrrole nitrogens is 1. The van der Waals surface area contributed by atoms with Crippen LogP contribution in [0.5, 0.6) is 5.75 Å². The van der Waals surface area contributed by atoms with Crippen LogP contribution in [0.2, 0.25) is 0 Å². The number of aromatic amines is 1. The van der Waals surface area contributed by atoms with Gasteiger partial charge in [-0.15, -0.1) is 11.8 Å². The second-order valence-electron chi connectivity index (χ2n) is 12.3. The molecule has 4 aromatic rings. The van der Waals surface area contributed by atoms with Crippen molar-refractivity contribution in [3.8, 4) is 5.75 Å². The predicted octanol–water partition coefficient (Wildman–Crippen LogP) is 8.54. The van der Waals surface area contributed by atoms with Gasteiger partial charge in [0.25, 0.3) is 0 Å². The van der Waals surface area contributed by atoms with Crippen LogP contribution in [0, 0.1) is 6.92 Å². The minimum Gasteiger partial charge on any atom is -0.490 e. The quantitative estimate of drug-likeness (QED) is 0.108. The van der Waals surface area contributed by atoms with Crippen molar-refractivity contribution in [1.29, 1.82) is 0 Å². The summed E-state index contributed by atoms with van der Waals surface area (Å²) < 4.78 is 5.95. The van der Waals surface area contributed by atoms with Crippen LogP contribution in [0.25, 0.3) is 0 Å². The lowest BCUT2D eigenvalue weighted by atomic mass is 10.2. The SMILES string of the molecule is CC.CC.CCC.COc1c(Nc2cc(C)[nH]n2)nc(Sc2ccc(SCc3ccccc3)cc2)nc1N1CCN(CCN2CCN(C)CC2)CC1. The molecule has 2 aliphatic heterocycles. The van der Waals surface area contributed by atoms with Gasteiger partial charge in [0.05, 0.1) is 7.11 Å². The Hall–Kier alpha value is -3.29. The van der Waals surface area contributed by atoms with E-state index in [0.29, 0.717) is 22.5 Å². The number of nitrogens with zero attached hydrogens (tertiary/aromatic N) is 7. The summed E-state index contributed by atoms with van der Waals surface area (Å²) in [5.74, 6) is 3.71. The number of ether oxygens (including phenoxy) is 1. The first-order valence-electron chi connectivity index (χ1n) is 19.0. The van der Waals surface area contributed by atoms with Crippen molar-refractivity contribution in [2.24, 2.45) is 0 Å². The van der Waals surface area contributed by atoms with Crippen LogP contribution in [0.15, 0.2) is 75.6 Å². The molecule has 2 aromatic heterocycles. The Kier molecular flexibility index (Phi) is 20.0. The Bertz CT molecular complexity index is 1520. The van der Waals surface area contributed by atoms with E-state index < -0.39 is 0 Å². The molecule has 12 heteroatoms. The zero-order chi connectivity index (χ0) is 37.7. The molecule has 6 rings (SSSR count). The van der Waals surface area contributed by atoms with Gasteiger partial charge >= 0.3 is 0 Å².